The summed E-state index contributed by atoms with van der Waals surface area (Å²) in [6.07, 6.45) is 1.96. The van der Waals surface area contributed by atoms with Gasteiger partial charge in [0.15, 0.2) is 4.77 Å². The Labute approximate surface area is 125 Å². The van der Waals surface area contributed by atoms with E-state index in [1.807, 2.05) is 29.6 Å². The van der Waals surface area contributed by atoms with Crippen LogP contribution in [0.1, 0.15) is 18.9 Å². The molecule has 0 spiro atoms. The Hall–Kier alpha value is -1.72. The number of fused-ring (bicyclic) bond motifs is 1. The maximum Gasteiger partial charge on any atom is 0.276 e. The summed E-state index contributed by atoms with van der Waals surface area (Å²) in [7, 11) is 0. The van der Waals surface area contributed by atoms with Crippen molar-refractivity contribution in [3.63, 3.8) is 0 Å². The van der Waals surface area contributed by atoms with Crippen molar-refractivity contribution in [3.8, 4) is 5.69 Å². The molecule has 0 aliphatic carbocycles. The molecule has 3 rings (SSSR count). The molecular weight excluding hydrogens is 288 g/mol. The van der Waals surface area contributed by atoms with E-state index >= 15 is 0 Å². The summed E-state index contributed by atoms with van der Waals surface area (Å²) in [5, 5.41) is 1.90. The van der Waals surface area contributed by atoms with Crippen LogP contribution in [0.25, 0.3) is 15.9 Å². The number of hydrogen-bond acceptors (Lipinski definition) is 3. The minimum atomic E-state index is -0.0395. The topological polar surface area (TPSA) is 37.8 Å². The molecule has 0 fully saturated rings. The van der Waals surface area contributed by atoms with Gasteiger partial charge in [-0.25, -0.2) is 0 Å². The van der Waals surface area contributed by atoms with E-state index in [9.17, 15) is 4.79 Å². The minimum Gasteiger partial charge on any atom is -0.331 e. The van der Waals surface area contributed by atoms with Crippen LogP contribution in [-0.4, -0.2) is 9.55 Å². The summed E-state index contributed by atoms with van der Waals surface area (Å²) in [5.41, 5.74) is 2.81. The number of aryl methyl sites for hydroxylation is 1. The molecule has 0 bridgehead atoms. The van der Waals surface area contributed by atoms with E-state index in [0.717, 1.165) is 29.6 Å². The van der Waals surface area contributed by atoms with Crippen molar-refractivity contribution in [1.82, 2.24) is 9.55 Å². The van der Waals surface area contributed by atoms with Crippen LogP contribution in [0.3, 0.4) is 0 Å². The van der Waals surface area contributed by atoms with Gasteiger partial charge in [0, 0.05) is 0 Å². The van der Waals surface area contributed by atoms with Crippen LogP contribution in [0.5, 0.6) is 0 Å². The zero-order valence-electron chi connectivity index (χ0n) is 11.1. The number of hydrogen-bond donors (Lipinski definition) is 1. The van der Waals surface area contributed by atoms with Crippen LogP contribution < -0.4 is 5.56 Å². The lowest BCUT2D eigenvalue weighted by Crippen LogP contribution is -2.20. The molecule has 0 saturated carbocycles. The van der Waals surface area contributed by atoms with E-state index in [1.165, 1.54) is 11.3 Å². The number of para-hydroxylation sites is 1. The summed E-state index contributed by atoms with van der Waals surface area (Å²) >= 11 is 6.81. The molecule has 1 aromatic carbocycles. The fraction of sp³-hybridized carbons (Fsp3) is 0.200. The molecule has 0 amide bonds. The number of thiophene rings is 1. The third-order valence-electron chi connectivity index (χ3n) is 3.26. The third-order valence-corrected chi connectivity index (χ3v) is 4.45. The smallest absolute Gasteiger partial charge is 0.276 e. The van der Waals surface area contributed by atoms with Crippen LogP contribution in [0.15, 0.2) is 40.5 Å². The molecule has 0 unspecified atom stereocenters. The molecule has 3 nitrogen and oxygen atoms in total. The van der Waals surface area contributed by atoms with Gasteiger partial charge in [-0.15, -0.1) is 11.3 Å². The molecule has 0 saturated heterocycles. The predicted molar refractivity (Wildman–Crippen MR) is 86.6 cm³/mol. The molecular formula is C15H14N2OS2. The minimum absolute atomic E-state index is 0.0395. The zero-order valence-corrected chi connectivity index (χ0v) is 12.7. The van der Waals surface area contributed by atoms with Gasteiger partial charge in [-0.3, -0.25) is 9.36 Å². The largest absolute Gasteiger partial charge is 0.331 e. The fourth-order valence-corrected chi connectivity index (χ4v) is 3.44. The van der Waals surface area contributed by atoms with Crippen LogP contribution >= 0.6 is 23.6 Å². The van der Waals surface area contributed by atoms with Crippen molar-refractivity contribution in [2.75, 3.05) is 0 Å². The molecule has 2 aromatic heterocycles. The Kier molecular flexibility index (Phi) is 3.54. The first kappa shape index (κ1) is 13.3. The van der Waals surface area contributed by atoms with Crippen molar-refractivity contribution in [2.45, 2.75) is 19.8 Å². The van der Waals surface area contributed by atoms with Crippen molar-refractivity contribution < 1.29 is 0 Å². The maximum absolute atomic E-state index is 12.7. The number of nitrogens with one attached hydrogen (secondary N) is 1. The Morgan fingerprint density at radius 3 is 2.90 bits per heavy atom. The van der Waals surface area contributed by atoms with Crippen molar-refractivity contribution >= 4 is 33.8 Å². The SMILES string of the molecule is CCCc1ccccc1-n1c(=S)[nH]c2ccsc2c1=O. The number of H-pyrrole nitrogens is 1. The van der Waals surface area contributed by atoms with Gasteiger partial charge in [-0.1, -0.05) is 31.5 Å². The fourth-order valence-electron chi connectivity index (χ4n) is 2.37. The maximum atomic E-state index is 12.7. The summed E-state index contributed by atoms with van der Waals surface area (Å²) in [6.45, 7) is 2.13. The highest BCUT2D eigenvalue weighted by Crippen LogP contribution is 2.19. The molecule has 1 N–H and O–H groups in total. The van der Waals surface area contributed by atoms with Gasteiger partial charge >= 0.3 is 0 Å². The highest BCUT2D eigenvalue weighted by Gasteiger charge is 2.11. The third kappa shape index (κ3) is 2.13. The van der Waals surface area contributed by atoms with Gasteiger partial charge in [0.05, 0.1) is 11.2 Å². The Morgan fingerprint density at radius 1 is 1.30 bits per heavy atom. The standard InChI is InChI=1S/C15H14N2OS2/c1-2-5-10-6-3-4-7-12(10)17-14(18)13-11(8-9-20-13)16-15(17)19/h3-4,6-9H,2,5H2,1H3,(H,16,19). The summed E-state index contributed by atoms with van der Waals surface area (Å²) in [5.74, 6) is 0. The Balaban J connectivity index is 2.35. The van der Waals surface area contributed by atoms with Gasteiger partial charge in [0.1, 0.15) is 4.70 Å². The zero-order chi connectivity index (χ0) is 14.1. The second-order valence-corrected chi connectivity index (χ2v) is 5.92. The number of aromatic nitrogens is 2. The number of nitrogens with zero attached hydrogens (tertiary/aromatic N) is 1. The van der Waals surface area contributed by atoms with Gasteiger partial charge in [-0.2, -0.15) is 0 Å². The molecule has 0 aliphatic rings. The van der Waals surface area contributed by atoms with Crippen molar-refractivity contribution in [1.29, 1.82) is 0 Å². The number of benzene rings is 1. The average molecular weight is 302 g/mol. The lowest BCUT2D eigenvalue weighted by Gasteiger charge is -2.11. The van der Waals surface area contributed by atoms with Crippen LogP contribution in [0.4, 0.5) is 0 Å². The van der Waals surface area contributed by atoms with Crippen LogP contribution in [0.2, 0.25) is 0 Å². The van der Waals surface area contributed by atoms with E-state index in [4.69, 9.17) is 12.2 Å². The van der Waals surface area contributed by atoms with E-state index < -0.39 is 0 Å². The highest BCUT2D eigenvalue weighted by molar-refractivity contribution is 7.71. The predicted octanol–water partition coefficient (Wildman–Crippen LogP) is 4.06. The van der Waals surface area contributed by atoms with E-state index in [1.54, 1.807) is 4.57 Å². The second kappa shape index (κ2) is 5.34. The average Bonchev–Trinajstić information content (AvgIpc) is 2.89. The molecule has 0 aliphatic heterocycles. The monoisotopic (exact) mass is 302 g/mol. The van der Waals surface area contributed by atoms with Gasteiger partial charge < -0.3 is 4.98 Å². The quantitative estimate of drug-likeness (QED) is 0.741. The van der Waals surface area contributed by atoms with Crippen molar-refractivity contribution in [3.05, 3.63) is 56.4 Å². The first-order chi connectivity index (χ1) is 9.72. The lowest BCUT2D eigenvalue weighted by molar-refractivity contribution is 0.873. The molecule has 20 heavy (non-hydrogen) atoms. The van der Waals surface area contributed by atoms with Crippen LogP contribution in [-0.2, 0) is 6.42 Å². The van der Waals surface area contributed by atoms with E-state index in [0.29, 0.717) is 9.47 Å². The Morgan fingerprint density at radius 2 is 2.10 bits per heavy atom. The first-order valence-corrected chi connectivity index (χ1v) is 7.82. The number of aromatic amines is 1. The van der Waals surface area contributed by atoms with Gasteiger partial charge in [-0.05, 0) is 41.7 Å². The van der Waals surface area contributed by atoms with Gasteiger partial charge in [0.2, 0.25) is 0 Å². The van der Waals surface area contributed by atoms with Crippen molar-refractivity contribution in [2.24, 2.45) is 0 Å². The summed E-state index contributed by atoms with van der Waals surface area (Å²) in [4.78, 5) is 15.8. The second-order valence-electron chi connectivity index (χ2n) is 4.61. The van der Waals surface area contributed by atoms with Gasteiger partial charge in [0.25, 0.3) is 5.56 Å². The van der Waals surface area contributed by atoms with E-state index in [-0.39, 0.29) is 5.56 Å². The Bertz CT molecular complexity index is 873. The first-order valence-electron chi connectivity index (χ1n) is 6.53. The summed E-state index contributed by atoms with van der Waals surface area (Å²) < 4.78 is 2.77. The molecule has 2 heterocycles. The lowest BCUT2D eigenvalue weighted by atomic mass is 10.1. The molecule has 102 valence electrons. The number of rotatable bonds is 3. The molecule has 5 heteroatoms. The highest BCUT2D eigenvalue weighted by atomic mass is 32.1. The molecule has 3 aromatic rings. The van der Waals surface area contributed by atoms with Crippen LogP contribution in [0, 0.1) is 4.77 Å². The molecule has 0 radical (unpaired) electrons. The normalized spacial score (nSPS) is 11.1. The van der Waals surface area contributed by atoms with E-state index in [2.05, 4.69) is 18.0 Å². The summed E-state index contributed by atoms with van der Waals surface area (Å²) in [6, 6.07) is 9.83. The molecule has 0 atom stereocenters.